The van der Waals surface area contributed by atoms with Gasteiger partial charge in [-0.05, 0) is 55.3 Å². The number of carbonyl (C=O) groups excluding carboxylic acids is 2. The third-order valence-corrected chi connectivity index (χ3v) is 6.92. The average Bonchev–Trinajstić information content (AvgIpc) is 3.35. The lowest BCUT2D eigenvalue weighted by atomic mass is 9.98. The van der Waals surface area contributed by atoms with Gasteiger partial charge in [-0.1, -0.05) is 13.0 Å². The minimum absolute atomic E-state index is 0.0655. The van der Waals surface area contributed by atoms with Gasteiger partial charge in [0.1, 0.15) is 13.2 Å². The highest BCUT2D eigenvalue weighted by Crippen LogP contribution is 2.35. The fourth-order valence-electron chi connectivity index (χ4n) is 4.39. The van der Waals surface area contributed by atoms with E-state index in [1.165, 1.54) is 0 Å². The van der Waals surface area contributed by atoms with Gasteiger partial charge in [0, 0.05) is 36.1 Å². The number of rotatable bonds is 9. The molecule has 2 amide bonds. The van der Waals surface area contributed by atoms with E-state index in [1.807, 2.05) is 41.5 Å². The molecule has 0 aliphatic carbocycles. The molecule has 1 unspecified atom stereocenters. The third kappa shape index (κ3) is 6.48. The van der Waals surface area contributed by atoms with Gasteiger partial charge in [0.15, 0.2) is 11.5 Å². The van der Waals surface area contributed by atoms with Gasteiger partial charge in [-0.2, -0.15) is 0 Å². The molecule has 0 spiro atoms. The lowest BCUT2D eigenvalue weighted by Crippen LogP contribution is -2.46. The van der Waals surface area contributed by atoms with Crippen molar-refractivity contribution < 1.29 is 19.1 Å². The van der Waals surface area contributed by atoms with E-state index in [1.54, 1.807) is 11.3 Å². The summed E-state index contributed by atoms with van der Waals surface area (Å²) in [5.41, 5.74) is 0.818. The first-order valence-corrected chi connectivity index (χ1v) is 12.7. The van der Waals surface area contributed by atoms with Crippen molar-refractivity contribution in [2.24, 2.45) is 5.92 Å². The number of hydrogen-bond acceptors (Lipinski definition) is 6. The van der Waals surface area contributed by atoms with Gasteiger partial charge in [0.2, 0.25) is 11.8 Å². The van der Waals surface area contributed by atoms with Crippen molar-refractivity contribution in [1.82, 2.24) is 10.2 Å². The maximum Gasteiger partial charge on any atom is 0.241 e. The standard InChI is InChI=1S/C25H33N3O4S/c1-2-5-24(29)26-15-19-6-3-10-27(16-19)18-25(30)28(17-21-7-4-13-33-21)20-8-9-22-23(14-20)32-12-11-31-22/h4,7-9,13-14,19H,2-3,5-6,10-12,15-18H2,1H3,(H,26,29). The molecule has 1 atom stereocenters. The van der Waals surface area contributed by atoms with Gasteiger partial charge in [-0.25, -0.2) is 0 Å². The van der Waals surface area contributed by atoms with E-state index in [2.05, 4.69) is 16.3 Å². The number of nitrogens with zero attached hydrogens (tertiary/aromatic N) is 2. The van der Waals surface area contributed by atoms with Crippen LogP contribution in [0, 0.1) is 5.92 Å². The van der Waals surface area contributed by atoms with Crippen LogP contribution in [0.15, 0.2) is 35.7 Å². The molecule has 178 valence electrons. The van der Waals surface area contributed by atoms with E-state index in [4.69, 9.17) is 9.47 Å². The van der Waals surface area contributed by atoms with E-state index in [0.717, 1.165) is 48.7 Å². The van der Waals surface area contributed by atoms with Crippen molar-refractivity contribution in [3.05, 3.63) is 40.6 Å². The van der Waals surface area contributed by atoms with E-state index in [-0.39, 0.29) is 11.8 Å². The molecule has 1 N–H and O–H groups in total. The Balaban J connectivity index is 1.42. The van der Waals surface area contributed by atoms with Crippen molar-refractivity contribution >= 4 is 28.8 Å². The number of carbonyl (C=O) groups is 2. The molecule has 8 heteroatoms. The number of amides is 2. The minimum atomic E-state index is 0.0655. The maximum atomic E-state index is 13.5. The van der Waals surface area contributed by atoms with Crippen molar-refractivity contribution in [3.63, 3.8) is 0 Å². The fourth-order valence-corrected chi connectivity index (χ4v) is 5.09. The zero-order valence-electron chi connectivity index (χ0n) is 19.3. The highest BCUT2D eigenvalue weighted by molar-refractivity contribution is 7.09. The van der Waals surface area contributed by atoms with Crippen LogP contribution in [0.25, 0.3) is 0 Å². The monoisotopic (exact) mass is 471 g/mol. The highest BCUT2D eigenvalue weighted by Gasteiger charge is 2.26. The van der Waals surface area contributed by atoms with Crippen LogP contribution in [0.2, 0.25) is 0 Å². The molecule has 0 radical (unpaired) electrons. The topological polar surface area (TPSA) is 71.1 Å². The predicted octanol–water partition coefficient (Wildman–Crippen LogP) is 3.68. The first-order valence-electron chi connectivity index (χ1n) is 11.8. The quantitative estimate of drug-likeness (QED) is 0.604. The smallest absolute Gasteiger partial charge is 0.241 e. The van der Waals surface area contributed by atoms with E-state index in [9.17, 15) is 9.59 Å². The van der Waals surface area contributed by atoms with Gasteiger partial charge >= 0.3 is 0 Å². The Morgan fingerprint density at radius 2 is 2.06 bits per heavy atom. The van der Waals surface area contributed by atoms with Crippen LogP contribution >= 0.6 is 11.3 Å². The van der Waals surface area contributed by atoms with Crippen LogP contribution in [-0.2, 0) is 16.1 Å². The number of fused-ring (bicyclic) bond motifs is 1. The highest BCUT2D eigenvalue weighted by atomic mass is 32.1. The first-order chi connectivity index (χ1) is 16.1. The molecule has 2 aliphatic heterocycles. The van der Waals surface area contributed by atoms with Crippen LogP contribution in [0.5, 0.6) is 11.5 Å². The Bertz CT molecular complexity index is 934. The van der Waals surface area contributed by atoms with Gasteiger partial charge in [0.25, 0.3) is 0 Å². The summed E-state index contributed by atoms with van der Waals surface area (Å²) in [5, 5.41) is 5.08. The lowest BCUT2D eigenvalue weighted by Gasteiger charge is -2.34. The van der Waals surface area contributed by atoms with Crippen molar-refractivity contribution in [2.45, 2.75) is 39.2 Å². The normalized spacial score (nSPS) is 18.0. The Morgan fingerprint density at radius 3 is 2.85 bits per heavy atom. The van der Waals surface area contributed by atoms with Gasteiger partial charge < -0.3 is 19.7 Å². The molecule has 7 nitrogen and oxygen atoms in total. The van der Waals surface area contributed by atoms with Crippen LogP contribution in [-0.4, -0.2) is 56.1 Å². The van der Waals surface area contributed by atoms with E-state index >= 15 is 0 Å². The molecule has 33 heavy (non-hydrogen) atoms. The molecule has 2 aliphatic rings. The summed E-state index contributed by atoms with van der Waals surface area (Å²) in [6.45, 7) is 6.37. The lowest BCUT2D eigenvalue weighted by molar-refractivity contribution is -0.122. The third-order valence-electron chi connectivity index (χ3n) is 6.06. The maximum absolute atomic E-state index is 13.5. The van der Waals surface area contributed by atoms with Gasteiger partial charge in [0.05, 0.1) is 13.1 Å². The van der Waals surface area contributed by atoms with Crippen LogP contribution < -0.4 is 19.7 Å². The van der Waals surface area contributed by atoms with Crippen molar-refractivity contribution in [2.75, 3.05) is 44.3 Å². The number of hydrogen-bond donors (Lipinski definition) is 1. The summed E-state index contributed by atoms with van der Waals surface area (Å²) >= 11 is 1.65. The molecule has 0 saturated carbocycles. The van der Waals surface area contributed by atoms with Crippen molar-refractivity contribution in [1.29, 1.82) is 0 Å². The second-order valence-electron chi connectivity index (χ2n) is 8.68. The molecule has 4 rings (SSSR count). The van der Waals surface area contributed by atoms with E-state index in [0.29, 0.717) is 50.9 Å². The van der Waals surface area contributed by atoms with Crippen molar-refractivity contribution in [3.8, 4) is 11.5 Å². The zero-order chi connectivity index (χ0) is 23.0. The van der Waals surface area contributed by atoms with E-state index < -0.39 is 0 Å². The molecular weight excluding hydrogens is 438 g/mol. The molecular formula is C25H33N3O4S. The summed E-state index contributed by atoms with van der Waals surface area (Å²) < 4.78 is 11.4. The number of piperidine rings is 1. The Hall–Kier alpha value is -2.58. The molecule has 1 aromatic carbocycles. The number of benzene rings is 1. The first kappa shape index (κ1) is 23.6. The summed E-state index contributed by atoms with van der Waals surface area (Å²) in [4.78, 5) is 30.6. The van der Waals surface area contributed by atoms with Gasteiger partial charge in [-0.15, -0.1) is 11.3 Å². The Labute approximate surface area is 199 Å². The molecule has 1 fully saturated rings. The number of ether oxygens (including phenoxy) is 2. The zero-order valence-corrected chi connectivity index (χ0v) is 20.1. The van der Waals surface area contributed by atoms with Crippen LogP contribution in [0.4, 0.5) is 5.69 Å². The Kier molecular flexibility index (Phi) is 8.23. The summed E-state index contributed by atoms with van der Waals surface area (Å²) in [7, 11) is 0. The fraction of sp³-hybridized carbons (Fsp3) is 0.520. The number of likely N-dealkylation sites (tertiary alicyclic amines) is 1. The molecule has 3 heterocycles. The SMILES string of the molecule is CCCC(=O)NCC1CCCN(CC(=O)N(Cc2cccs2)c2ccc3c(c2)OCCO3)C1. The number of nitrogens with one attached hydrogen (secondary N) is 1. The summed E-state index contributed by atoms with van der Waals surface area (Å²) in [5.74, 6) is 1.97. The molecule has 2 aromatic rings. The minimum Gasteiger partial charge on any atom is -0.486 e. The average molecular weight is 472 g/mol. The van der Waals surface area contributed by atoms with Gasteiger partial charge in [-0.3, -0.25) is 14.5 Å². The van der Waals surface area contributed by atoms with Crippen LogP contribution in [0.1, 0.15) is 37.5 Å². The Morgan fingerprint density at radius 1 is 1.21 bits per heavy atom. The second-order valence-corrected chi connectivity index (χ2v) is 9.72. The summed E-state index contributed by atoms with van der Waals surface area (Å²) in [6, 6.07) is 9.78. The van der Waals surface area contributed by atoms with Crippen LogP contribution in [0.3, 0.4) is 0 Å². The largest absolute Gasteiger partial charge is 0.486 e. The number of thiophene rings is 1. The molecule has 0 bridgehead atoms. The number of anilines is 1. The predicted molar refractivity (Wildman–Crippen MR) is 130 cm³/mol. The second kappa shape index (κ2) is 11.5. The molecule has 1 aromatic heterocycles. The molecule has 1 saturated heterocycles. The summed E-state index contributed by atoms with van der Waals surface area (Å²) in [6.07, 6.45) is 3.55.